The van der Waals surface area contributed by atoms with Gasteiger partial charge in [-0.3, -0.25) is 9.59 Å². The molecule has 2 amide bonds. The minimum absolute atomic E-state index is 0.0327. The molecule has 0 saturated carbocycles. The van der Waals surface area contributed by atoms with E-state index in [9.17, 15) is 9.59 Å². The van der Waals surface area contributed by atoms with E-state index in [2.05, 4.69) is 5.16 Å². The first-order valence-corrected chi connectivity index (χ1v) is 7.97. The van der Waals surface area contributed by atoms with Crippen LogP contribution in [0, 0.1) is 19.8 Å². The summed E-state index contributed by atoms with van der Waals surface area (Å²) in [5, 5.41) is 3.92. The molecule has 1 saturated heterocycles. The highest BCUT2D eigenvalue weighted by Gasteiger charge is 2.30. The number of aryl methyl sites for hydroxylation is 2. The van der Waals surface area contributed by atoms with Crippen LogP contribution in [0.5, 0.6) is 0 Å². The molecule has 128 valence electrons. The lowest BCUT2D eigenvalue weighted by atomic mass is 10.0. The van der Waals surface area contributed by atoms with Gasteiger partial charge in [0.25, 0.3) is 0 Å². The van der Waals surface area contributed by atoms with Crippen LogP contribution in [0.1, 0.15) is 36.8 Å². The summed E-state index contributed by atoms with van der Waals surface area (Å²) in [6.45, 7) is 6.65. The van der Waals surface area contributed by atoms with E-state index in [1.165, 1.54) is 6.92 Å². The van der Waals surface area contributed by atoms with Crippen LogP contribution >= 0.6 is 0 Å². The van der Waals surface area contributed by atoms with Crippen LogP contribution in [0.2, 0.25) is 0 Å². The fourth-order valence-electron chi connectivity index (χ4n) is 3.03. The van der Waals surface area contributed by atoms with Gasteiger partial charge >= 0.3 is 0 Å². The molecule has 1 aromatic heterocycles. The summed E-state index contributed by atoms with van der Waals surface area (Å²) < 4.78 is 5.15. The van der Waals surface area contributed by atoms with Gasteiger partial charge in [-0.2, -0.15) is 0 Å². The van der Waals surface area contributed by atoms with E-state index in [1.807, 2.05) is 13.8 Å². The van der Waals surface area contributed by atoms with Crippen LogP contribution in [-0.2, 0) is 16.1 Å². The average molecular weight is 322 g/mol. The molecule has 0 spiro atoms. The van der Waals surface area contributed by atoms with E-state index in [0.717, 1.165) is 23.4 Å². The number of aromatic nitrogens is 1. The van der Waals surface area contributed by atoms with Crippen molar-refractivity contribution in [2.75, 3.05) is 20.1 Å². The minimum atomic E-state index is -0.210. The fourth-order valence-corrected chi connectivity index (χ4v) is 3.03. The van der Waals surface area contributed by atoms with E-state index in [4.69, 9.17) is 10.3 Å². The number of hydrogen-bond acceptors (Lipinski definition) is 5. The SMILES string of the molecule is CC(=O)N1C[C@@H](N)CC[C@@H](C(=O)N(C)Cc2c(C)noc2C)C1. The van der Waals surface area contributed by atoms with Crippen LogP contribution in [0.4, 0.5) is 0 Å². The Morgan fingerprint density at radius 3 is 2.61 bits per heavy atom. The number of nitrogens with zero attached hydrogens (tertiary/aromatic N) is 3. The first kappa shape index (κ1) is 17.5. The van der Waals surface area contributed by atoms with E-state index in [1.54, 1.807) is 16.8 Å². The standard InChI is InChI=1S/C16H26N4O3/c1-10-15(11(2)23-18-10)9-19(4)16(22)13-5-6-14(17)8-20(7-13)12(3)21/h13-14H,5-9,17H2,1-4H3/t13-,14+/m1/s1. The third-order valence-corrected chi connectivity index (χ3v) is 4.53. The van der Waals surface area contributed by atoms with Gasteiger partial charge in [-0.05, 0) is 26.7 Å². The molecule has 2 rings (SSSR count). The highest BCUT2D eigenvalue weighted by atomic mass is 16.5. The van der Waals surface area contributed by atoms with Gasteiger partial charge in [-0.25, -0.2) is 0 Å². The molecule has 0 aliphatic carbocycles. The molecule has 0 bridgehead atoms. The van der Waals surface area contributed by atoms with Crippen LogP contribution in [0.15, 0.2) is 4.52 Å². The molecular weight excluding hydrogens is 296 g/mol. The van der Waals surface area contributed by atoms with Crippen molar-refractivity contribution in [3.05, 3.63) is 17.0 Å². The van der Waals surface area contributed by atoms with Gasteiger partial charge in [0.05, 0.1) is 18.2 Å². The fraction of sp³-hybridized carbons (Fsp3) is 0.688. The van der Waals surface area contributed by atoms with E-state index < -0.39 is 0 Å². The molecule has 7 nitrogen and oxygen atoms in total. The van der Waals surface area contributed by atoms with Crippen molar-refractivity contribution < 1.29 is 14.1 Å². The second-order valence-electron chi connectivity index (χ2n) is 6.46. The second-order valence-corrected chi connectivity index (χ2v) is 6.46. The number of hydrogen-bond donors (Lipinski definition) is 1. The zero-order chi connectivity index (χ0) is 17.1. The number of likely N-dealkylation sites (tertiary alicyclic amines) is 1. The van der Waals surface area contributed by atoms with Crippen molar-refractivity contribution in [1.82, 2.24) is 15.0 Å². The molecule has 0 radical (unpaired) electrons. The zero-order valence-corrected chi connectivity index (χ0v) is 14.3. The normalized spacial score (nSPS) is 21.9. The highest BCUT2D eigenvalue weighted by molar-refractivity contribution is 5.80. The molecule has 2 heterocycles. The molecule has 0 aromatic carbocycles. The quantitative estimate of drug-likeness (QED) is 0.890. The summed E-state index contributed by atoms with van der Waals surface area (Å²) in [7, 11) is 1.77. The van der Waals surface area contributed by atoms with Crippen LogP contribution in [-0.4, -0.2) is 52.9 Å². The summed E-state index contributed by atoms with van der Waals surface area (Å²) in [5.74, 6) is 0.521. The maximum Gasteiger partial charge on any atom is 0.227 e. The Kier molecular flexibility index (Phi) is 5.41. The lowest BCUT2D eigenvalue weighted by Gasteiger charge is -2.26. The largest absolute Gasteiger partial charge is 0.361 e. The summed E-state index contributed by atoms with van der Waals surface area (Å²) in [5.41, 5.74) is 7.75. The van der Waals surface area contributed by atoms with E-state index >= 15 is 0 Å². The maximum atomic E-state index is 12.8. The predicted molar refractivity (Wildman–Crippen MR) is 85.4 cm³/mol. The summed E-state index contributed by atoms with van der Waals surface area (Å²) in [6, 6.07) is -0.0652. The Balaban J connectivity index is 2.07. The number of rotatable bonds is 3. The Hall–Kier alpha value is -1.89. The molecule has 2 atom stereocenters. The third-order valence-electron chi connectivity index (χ3n) is 4.53. The number of amides is 2. The van der Waals surface area contributed by atoms with Crippen LogP contribution in [0.25, 0.3) is 0 Å². The predicted octanol–water partition coefficient (Wildman–Crippen LogP) is 0.836. The van der Waals surface area contributed by atoms with Gasteiger partial charge in [0, 0.05) is 38.7 Å². The van der Waals surface area contributed by atoms with Crippen molar-refractivity contribution in [3.8, 4) is 0 Å². The van der Waals surface area contributed by atoms with Gasteiger partial charge in [0.1, 0.15) is 5.76 Å². The summed E-state index contributed by atoms with van der Waals surface area (Å²) in [4.78, 5) is 27.8. The monoisotopic (exact) mass is 322 g/mol. The molecule has 2 N–H and O–H groups in total. The first-order valence-electron chi connectivity index (χ1n) is 7.97. The summed E-state index contributed by atoms with van der Waals surface area (Å²) in [6.07, 6.45) is 1.45. The third kappa shape index (κ3) is 4.10. The molecule has 23 heavy (non-hydrogen) atoms. The van der Waals surface area contributed by atoms with Crippen molar-refractivity contribution in [3.63, 3.8) is 0 Å². The molecule has 1 aliphatic heterocycles. The van der Waals surface area contributed by atoms with Crippen molar-refractivity contribution >= 4 is 11.8 Å². The number of carbonyl (C=O) groups excluding carboxylic acids is 2. The number of carbonyl (C=O) groups is 2. The molecular formula is C16H26N4O3. The van der Waals surface area contributed by atoms with Crippen molar-refractivity contribution in [1.29, 1.82) is 0 Å². The molecule has 7 heteroatoms. The molecule has 1 aromatic rings. The van der Waals surface area contributed by atoms with E-state index in [-0.39, 0.29) is 23.8 Å². The van der Waals surface area contributed by atoms with Crippen LogP contribution in [0.3, 0.4) is 0 Å². The second kappa shape index (κ2) is 7.12. The molecule has 0 unspecified atom stereocenters. The highest BCUT2D eigenvalue weighted by Crippen LogP contribution is 2.21. The summed E-state index contributed by atoms with van der Waals surface area (Å²) >= 11 is 0. The van der Waals surface area contributed by atoms with Gasteiger partial charge in [-0.1, -0.05) is 5.16 Å². The van der Waals surface area contributed by atoms with Gasteiger partial charge in [0.2, 0.25) is 11.8 Å². The average Bonchev–Trinajstić information content (AvgIpc) is 2.71. The molecule has 1 aliphatic rings. The Morgan fingerprint density at radius 2 is 2.04 bits per heavy atom. The molecule has 1 fully saturated rings. The maximum absolute atomic E-state index is 12.8. The van der Waals surface area contributed by atoms with Gasteiger partial charge in [-0.15, -0.1) is 0 Å². The Labute approximate surface area is 136 Å². The minimum Gasteiger partial charge on any atom is -0.361 e. The van der Waals surface area contributed by atoms with Crippen molar-refractivity contribution in [2.45, 2.75) is 46.2 Å². The lowest BCUT2D eigenvalue weighted by molar-refractivity contribution is -0.137. The zero-order valence-electron chi connectivity index (χ0n) is 14.3. The van der Waals surface area contributed by atoms with Gasteiger partial charge in [0.15, 0.2) is 0 Å². The van der Waals surface area contributed by atoms with Crippen LogP contribution < -0.4 is 5.73 Å². The first-order chi connectivity index (χ1) is 10.8. The van der Waals surface area contributed by atoms with E-state index in [0.29, 0.717) is 26.1 Å². The topological polar surface area (TPSA) is 92.7 Å². The lowest BCUT2D eigenvalue weighted by Crippen LogP contribution is -2.42. The van der Waals surface area contributed by atoms with Crippen molar-refractivity contribution in [2.24, 2.45) is 11.7 Å². The Bertz CT molecular complexity index is 564. The number of nitrogens with two attached hydrogens (primary N) is 1. The Morgan fingerprint density at radius 1 is 1.35 bits per heavy atom. The smallest absolute Gasteiger partial charge is 0.227 e. The van der Waals surface area contributed by atoms with Gasteiger partial charge < -0.3 is 20.1 Å².